The van der Waals surface area contributed by atoms with Crippen LogP contribution in [-0.2, 0) is 10.0 Å². The Balaban J connectivity index is 2.72. The summed E-state index contributed by atoms with van der Waals surface area (Å²) in [5.41, 5.74) is -0.383. The third-order valence-electron chi connectivity index (χ3n) is 3.24. The summed E-state index contributed by atoms with van der Waals surface area (Å²) in [6.07, 6.45) is 0. The van der Waals surface area contributed by atoms with E-state index in [-0.39, 0.29) is 10.7 Å². The number of nitrogens with zero attached hydrogens (tertiary/aromatic N) is 1. The van der Waals surface area contributed by atoms with Gasteiger partial charge in [-0.1, -0.05) is 30.3 Å². The number of hydrogen-bond acceptors (Lipinski definition) is 3. The standard InChI is InChI=1S/C12H15NO3S/c1-12(2)11(14)10(17(15,16)13(12)3)9-7-5-4-6-8-9/h4-8,14H,1-3H3. The summed E-state index contributed by atoms with van der Waals surface area (Å²) >= 11 is 0. The minimum atomic E-state index is -3.61. The summed E-state index contributed by atoms with van der Waals surface area (Å²) in [6.45, 7) is 3.35. The number of sulfonamides is 1. The second-order valence-corrected chi connectivity index (χ2v) is 6.48. The molecule has 0 saturated carbocycles. The second-order valence-electron chi connectivity index (χ2n) is 4.58. The molecule has 4 nitrogen and oxygen atoms in total. The van der Waals surface area contributed by atoms with Gasteiger partial charge < -0.3 is 5.11 Å². The molecule has 2 rings (SSSR count). The van der Waals surface area contributed by atoms with E-state index in [1.165, 1.54) is 11.4 Å². The van der Waals surface area contributed by atoms with Crippen LogP contribution in [0.3, 0.4) is 0 Å². The molecule has 1 N–H and O–H groups in total. The van der Waals surface area contributed by atoms with Gasteiger partial charge in [0, 0.05) is 7.05 Å². The molecule has 1 aliphatic rings. The highest BCUT2D eigenvalue weighted by Gasteiger charge is 2.48. The molecular formula is C12H15NO3S. The number of hydrogen-bond donors (Lipinski definition) is 1. The van der Waals surface area contributed by atoms with Crippen molar-refractivity contribution in [1.29, 1.82) is 0 Å². The fourth-order valence-corrected chi connectivity index (χ4v) is 3.75. The molecule has 1 aromatic carbocycles. The van der Waals surface area contributed by atoms with Crippen LogP contribution in [0.15, 0.2) is 36.1 Å². The zero-order chi connectivity index (χ0) is 12.8. The maximum absolute atomic E-state index is 12.2. The molecule has 0 amide bonds. The van der Waals surface area contributed by atoms with Gasteiger partial charge in [0.25, 0.3) is 0 Å². The maximum Gasteiger partial charge on any atom is 0.247 e. The van der Waals surface area contributed by atoms with Crippen molar-refractivity contribution in [2.24, 2.45) is 0 Å². The molecule has 0 radical (unpaired) electrons. The summed E-state index contributed by atoms with van der Waals surface area (Å²) in [4.78, 5) is 0.00519. The molecule has 0 fully saturated rings. The van der Waals surface area contributed by atoms with E-state index in [9.17, 15) is 13.5 Å². The summed E-state index contributed by atoms with van der Waals surface area (Å²) in [5.74, 6) is -0.105. The van der Waals surface area contributed by atoms with Crippen LogP contribution in [0.2, 0.25) is 0 Å². The van der Waals surface area contributed by atoms with E-state index < -0.39 is 15.6 Å². The Hall–Kier alpha value is -1.33. The zero-order valence-electron chi connectivity index (χ0n) is 10.0. The van der Waals surface area contributed by atoms with E-state index in [0.717, 1.165) is 0 Å². The fourth-order valence-electron chi connectivity index (χ4n) is 1.86. The van der Waals surface area contributed by atoms with Gasteiger partial charge in [0.05, 0.1) is 5.54 Å². The van der Waals surface area contributed by atoms with Gasteiger partial charge in [-0.15, -0.1) is 0 Å². The molecule has 17 heavy (non-hydrogen) atoms. The summed E-state index contributed by atoms with van der Waals surface area (Å²) in [5, 5.41) is 10.1. The summed E-state index contributed by atoms with van der Waals surface area (Å²) in [7, 11) is -2.14. The average Bonchev–Trinajstić information content (AvgIpc) is 2.39. The largest absolute Gasteiger partial charge is 0.509 e. The van der Waals surface area contributed by atoms with Crippen LogP contribution in [-0.4, -0.2) is 30.4 Å². The molecule has 0 unspecified atom stereocenters. The first kappa shape index (κ1) is 12.1. The SMILES string of the molecule is CN1C(C)(C)C(O)=C(c2ccccc2)S1(=O)=O. The highest BCUT2D eigenvalue weighted by Crippen LogP contribution is 2.42. The average molecular weight is 253 g/mol. The minimum Gasteiger partial charge on any atom is -0.509 e. The molecule has 1 aliphatic heterocycles. The Bertz CT molecular complexity index is 573. The van der Waals surface area contributed by atoms with Gasteiger partial charge >= 0.3 is 0 Å². The highest BCUT2D eigenvalue weighted by molar-refractivity contribution is 7.98. The van der Waals surface area contributed by atoms with Gasteiger partial charge in [0.15, 0.2) is 0 Å². The number of aliphatic hydroxyl groups excluding tert-OH is 1. The Morgan fingerprint density at radius 1 is 1.18 bits per heavy atom. The lowest BCUT2D eigenvalue weighted by Crippen LogP contribution is -2.40. The summed E-state index contributed by atoms with van der Waals surface area (Å²) < 4.78 is 25.6. The van der Waals surface area contributed by atoms with E-state index in [1.807, 2.05) is 0 Å². The maximum atomic E-state index is 12.2. The second kappa shape index (κ2) is 3.58. The van der Waals surface area contributed by atoms with Crippen LogP contribution in [0.4, 0.5) is 0 Å². The van der Waals surface area contributed by atoms with Gasteiger partial charge in [-0.25, -0.2) is 8.42 Å². The molecular weight excluding hydrogens is 238 g/mol. The van der Waals surface area contributed by atoms with E-state index in [1.54, 1.807) is 44.2 Å². The monoisotopic (exact) mass is 253 g/mol. The van der Waals surface area contributed by atoms with Crippen molar-refractivity contribution in [3.8, 4) is 0 Å². The molecule has 0 saturated heterocycles. The van der Waals surface area contributed by atoms with Crippen LogP contribution < -0.4 is 0 Å². The molecule has 5 heteroatoms. The van der Waals surface area contributed by atoms with E-state index in [0.29, 0.717) is 5.56 Å². The van der Waals surface area contributed by atoms with Crippen LogP contribution in [0.5, 0.6) is 0 Å². The topological polar surface area (TPSA) is 57.6 Å². The van der Waals surface area contributed by atoms with Crippen molar-refractivity contribution in [2.45, 2.75) is 19.4 Å². The third-order valence-corrected chi connectivity index (χ3v) is 5.36. The molecule has 0 spiro atoms. The molecule has 0 atom stereocenters. The normalized spacial score (nSPS) is 23.0. The lowest BCUT2D eigenvalue weighted by molar-refractivity contribution is 0.230. The fraction of sp³-hybridized carbons (Fsp3) is 0.333. The predicted octanol–water partition coefficient (Wildman–Crippen LogP) is 1.97. The van der Waals surface area contributed by atoms with Gasteiger partial charge in [-0.05, 0) is 19.4 Å². The van der Waals surface area contributed by atoms with E-state index >= 15 is 0 Å². The number of benzene rings is 1. The molecule has 92 valence electrons. The van der Waals surface area contributed by atoms with Gasteiger partial charge in [-0.3, -0.25) is 0 Å². The lowest BCUT2D eigenvalue weighted by Gasteiger charge is -2.25. The first-order chi connectivity index (χ1) is 7.79. The first-order valence-corrected chi connectivity index (χ1v) is 6.72. The van der Waals surface area contributed by atoms with Crippen LogP contribution in [0.25, 0.3) is 4.91 Å². The number of aliphatic hydroxyl groups is 1. The Kier molecular flexibility index (Phi) is 2.56. The Labute approximate surface area is 101 Å². The Morgan fingerprint density at radius 3 is 2.12 bits per heavy atom. The quantitative estimate of drug-likeness (QED) is 0.832. The van der Waals surface area contributed by atoms with Gasteiger partial charge in [0.1, 0.15) is 10.7 Å². The van der Waals surface area contributed by atoms with Crippen molar-refractivity contribution in [3.05, 3.63) is 41.7 Å². The lowest BCUT2D eigenvalue weighted by atomic mass is 10.0. The predicted molar refractivity (Wildman–Crippen MR) is 66.8 cm³/mol. The van der Waals surface area contributed by atoms with Gasteiger partial charge in [-0.2, -0.15) is 4.31 Å². The zero-order valence-corrected chi connectivity index (χ0v) is 10.8. The minimum absolute atomic E-state index is 0.00519. The van der Waals surface area contributed by atoms with Crippen molar-refractivity contribution in [3.63, 3.8) is 0 Å². The Morgan fingerprint density at radius 2 is 1.71 bits per heavy atom. The van der Waals surface area contributed by atoms with E-state index in [2.05, 4.69) is 0 Å². The molecule has 1 heterocycles. The van der Waals surface area contributed by atoms with Crippen molar-refractivity contribution >= 4 is 14.9 Å². The van der Waals surface area contributed by atoms with Crippen LogP contribution in [0.1, 0.15) is 19.4 Å². The molecule has 0 bridgehead atoms. The van der Waals surface area contributed by atoms with Crippen molar-refractivity contribution in [1.82, 2.24) is 4.31 Å². The van der Waals surface area contributed by atoms with Crippen LogP contribution >= 0.6 is 0 Å². The van der Waals surface area contributed by atoms with Crippen molar-refractivity contribution in [2.75, 3.05) is 7.05 Å². The highest BCUT2D eigenvalue weighted by atomic mass is 32.2. The molecule has 0 aliphatic carbocycles. The van der Waals surface area contributed by atoms with Crippen LogP contribution in [0, 0.1) is 0 Å². The van der Waals surface area contributed by atoms with Crippen molar-refractivity contribution < 1.29 is 13.5 Å². The van der Waals surface area contributed by atoms with Gasteiger partial charge in [0.2, 0.25) is 10.0 Å². The number of likely N-dealkylation sites (N-methyl/N-ethyl adjacent to an activating group) is 1. The first-order valence-electron chi connectivity index (χ1n) is 5.28. The molecule has 0 aromatic heterocycles. The number of rotatable bonds is 1. The smallest absolute Gasteiger partial charge is 0.247 e. The van der Waals surface area contributed by atoms with E-state index in [4.69, 9.17) is 0 Å². The molecule has 1 aromatic rings. The third kappa shape index (κ3) is 1.57. The summed E-state index contributed by atoms with van der Waals surface area (Å²) in [6, 6.07) is 8.65.